The molecule has 1 saturated heterocycles. The van der Waals surface area contributed by atoms with Crippen LogP contribution in [0.5, 0.6) is 0 Å². The Labute approximate surface area is 164 Å². The van der Waals surface area contributed by atoms with Gasteiger partial charge >= 0.3 is 0 Å². The molecule has 2 heterocycles. The number of hydrogen-bond acceptors (Lipinski definition) is 5. The van der Waals surface area contributed by atoms with Gasteiger partial charge in [-0.25, -0.2) is 0 Å². The van der Waals surface area contributed by atoms with E-state index in [0.717, 1.165) is 25.2 Å². The quantitative estimate of drug-likeness (QED) is 0.711. The number of likely N-dealkylation sites (tertiary alicyclic amines) is 1. The molecule has 0 spiro atoms. The number of carbonyl (C=O) groups excluding carboxylic acids is 1. The van der Waals surface area contributed by atoms with Gasteiger partial charge in [-0.2, -0.15) is 4.98 Å². The molecule has 4 rings (SSSR count). The summed E-state index contributed by atoms with van der Waals surface area (Å²) in [6.45, 7) is 3.48. The topological polar surface area (TPSA) is 71.3 Å². The predicted octanol–water partition coefficient (Wildman–Crippen LogP) is 3.65. The second-order valence-electron chi connectivity index (χ2n) is 7.09. The molecule has 6 nitrogen and oxygen atoms in total. The molecular weight excluding hydrogens is 352 g/mol. The van der Waals surface area contributed by atoms with E-state index in [9.17, 15) is 4.79 Å². The highest BCUT2D eigenvalue weighted by Gasteiger charge is 2.13. The molecule has 0 aliphatic carbocycles. The minimum atomic E-state index is -0.149. The van der Waals surface area contributed by atoms with Gasteiger partial charge in [-0.15, -0.1) is 0 Å². The Hall–Kier alpha value is -2.99. The van der Waals surface area contributed by atoms with Crippen molar-refractivity contribution in [1.29, 1.82) is 0 Å². The van der Waals surface area contributed by atoms with E-state index in [4.69, 9.17) is 4.52 Å². The van der Waals surface area contributed by atoms with Gasteiger partial charge in [-0.3, -0.25) is 9.69 Å². The van der Waals surface area contributed by atoms with E-state index in [1.54, 1.807) is 0 Å². The van der Waals surface area contributed by atoms with Crippen molar-refractivity contribution in [2.24, 2.45) is 0 Å². The summed E-state index contributed by atoms with van der Waals surface area (Å²) in [5.74, 6) is 0.754. The van der Waals surface area contributed by atoms with Gasteiger partial charge in [-0.05, 0) is 43.6 Å². The number of rotatable bonds is 6. The molecule has 0 unspecified atom stereocenters. The van der Waals surface area contributed by atoms with E-state index in [2.05, 4.69) is 20.4 Å². The first kappa shape index (κ1) is 18.4. The number of carbonyl (C=O) groups is 1. The summed E-state index contributed by atoms with van der Waals surface area (Å²) < 4.78 is 5.23. The van der Waals surface area contributed by atoms with Gasteiger partial charge in [0.05, 0.1) is 6.54 Å². The number of amides is 1. The third-order valence-electron chi connectivity index (χ3n) is 4.97. The molecule has 0 bridgehead atoms. The van der Waals surface area contributed by atoms with E-state index in [0.29, 0.717) is 17.3 Å². The molecule has 1 aliphatic rings. The van der Waals surface area contributed by atoms with Crippen molar-refractivity contribution < 1.29 is 9.32 Å². The Morgan fingerprint density at radius 1 is 1.00 bits per heavy atom. The highest BCUT2D eigenvalue weighted by atomic mass is 16.5. The van der Waals surface area contributed by atoms with Gasteiger partial charge in [0.15, 0.2) is 0 Å². The molecule has 1 amide bonds. The zero-order chi connectivity index (χ0) is 19.2. The standard InChI is InChI=1S/C22H24N4O2/c27-22(19-11-9-17(10-12-19)16-26-13-5-2-6-14-26)23-15-20-24-21(25-28-20)18-7-3-1-4-8-18/h1,3-4,7-12H,2,5-6,13-16H2,(H,23,27). The Balaban J connectivity index is 1.31. The van der Waals surface area contributed by atoms with E-state index in [1.807, 2.05) is 54.6 Å². The predicted molar refractivity (Wildman–Crippen MR) is 106 cm³/mol. The fraction of sp³-hybridized carbons (Fsp3) is 0.318. The maximum atomic E-state index is 12.4. The average molecular weight is 376 g/mol. The van der Waals surface area contributed by atoms with Crippen LogP contribution in [0, 0.1) is 0 Å². The lowest BCUT2D eigenvalue weighted by molar-refractivity contribution is 0.0946. The molecule has 1 aliphatic heterocycles. The Bertz CT molecular complexity index is 900. The lowest BCUT2D eigenvalue weighted by Crippen LogP contribution is -2.29. The third-order valence-corrected chi connectivity index (χ3v) is 4.97. The average Bonchev–Trinajstić information content (AvgIpc) is 3.23. The van der Waals surface area contributed by atoms with Crippen LogP contribution in [0.4, 0.5) is 0 Å². The lowest BCUT2D eigenvalue weighted by atomic mass is 10.1. The van der Waals surface area contributed by atoms with Crippen molar-refractivity contribution in [3.63, 3.8) is 0 Å². The molecule has 28 heavy (non-hydrogen) atoms. The van der Waals surface area contributed by atoms with E-state index in [1.165, 1.54) is 24.8 Å². The van der Waals surface area contributed by atoms with Crippen molar-refractivity contribution in [3.05, 3.63) is 71.6 Å². The zero-order valence-corrected chi connectivity index (χ0v) is 15.8. The number of nitrogens with one attached hydrogen (secondary N) is 1. The third kappa shape index (κ3) is 4.64. The summed E-state index contributed by atoms with van der Waals surface area (Å²) >= 11 is 0. The fourth-order valence-electron chi connectivity index (χ4n) is 3.43. The molecule has 0 atom stereocenters. The van der Waals surface area contributed by atoms with Crippen LogP contribution in [-0.4, -0.2) is 34.0 Å². The molecule has 0 radical (unpaired) electrons. The minimum absolute atomic E-state index is 0.149. The van der Waals surface area contributed by atoms with Crippen molar-refractivity contribution in [2.75, 3.05) is 13.1 Å². The number of aromatic nitrogens is 2. The fourth-order valence-corrected chi connectivity index (χ4v) is 3.43. The van der Waals surface area contributed by atoms with Crippen molar-refractivity contribution in [2.45, 2.75) is 32.4 Å². The van der Waals surface area contributed by atoms with Crippen LogP contribution in [0.25, 0.3) is 11.4 Å². The van der Waals surface area contributed by atoms with Crippen LogP contribution >= 0.6 is 0 Å². The Morgan fingerprint density at radius 2 is 1.75 bits per heavy atom. The van der Waals surface area contributed by atoms with E-state index >= 15 is 0 Å². The Morgan fingerprint density at radius 3 is 2.50 bits per heavy atom. The van der Waals surface area contributed by atoms with Crippen LogP contribution < -0.4 is 5.32 Å². The summed E-state index contributed by atoms with van der Waals surface area (Å²) in [6, 6.07) is 17.4. The first-order valence-corrected chi connectivity index (χ1v) is 9.75. The summed E-state index contributed by atoms with van der Waals surface area (Å²) in [6.07, 6.45) is 3.90. The van der Waals surface area contributed by atoms with Crippen LogP contribution in [0.2, 0.25) is 0 Å². The van der Waals surface area contributed by atoms with E-state index < -0.39 is 0 Å². The van der Waals surface area contributed by atoms with Crippen molar-refractivity contribution in [1.82, 2.24) is 20.4 Å². The molecule has 1 N–H and O–H groups in total. The van der Waals surface area contributed by atoms with Gasteiger partial charge in [-0.1, -0.05) is 54.0 Å². The van der Waals surface area contributed by atoms with Crippen molar-refractivity contribution >= 4 is 5.91 Å². The Kier molecular flexibility index (Phi) is 5.77. The van der Waals surface area contributed by atoms with Gasteiger partial charge in [0, 0.05) is 17.7 Å². The number of hydrogen-bond donors (Lipinski definition) is 1. The molecule has 0 saturated carbocycles. The second-order valence-corrected chi connectivity index (χ2v) is 7.09. The molecule has 2 aromatic carbocycles. The molecule has 1 aromatic heterocycles. The highest BCUT2D eigenvalue weighted by Crippen LogP contribution is 2.15. The lowest BCUT2D eigenvalue weighted by Gasteiger charge is -2.26. The van der Waals surface area contributed by atoms with Crippen molar-refractivity contribution in [3.8, 4) is 11.4 Å². The van der Waals surface area contributed by atoms with Gasteiger partial charge in [0.25, 0.3) is 5.91 Å². The number of benzene rings is 2. The van der Waals surface area contributed by atoms with Gasteiger partial charge in [0.2, 0.25) is 11.7 Å². The number of nitrogens with zero attached hydrogens (tertiary/aromatic N) is 3. The molecule has 144 valence electrons. The van der Waals surface area contributed by atoms with E-state index in [-0.39, 0.29) is 12.5 Å². The largest absolute Gasteiger partial charge is 0.343 e. The second kappa shape index (κ2) is 8.80. The molecular formula is C22H24N4O2. The summed E-state index contributed by atoms with van der Waals surface area (Å²) in [5.41, 5.74) is 2.75. The normalized spacial score (nSPS) is 14.7. The van der Waals surface area contributed by atoms with Crippen LogP contribution in [0.15, 0.2) is 59.1 Å². The highest BCUT2D eigenvalue weighted by molar-refractivity contribution is 5.94. The monoisotopic (exact) mass is 376 g/mol. The van der Waals surface area contributed by atoms with Crippen LogP contribution in [0.1, 0.15) is 41.1 Å². The zero-order valence-electron chi connectivity index (χ0n) is 15.8. The summed E-state index contributed by atoms with van der Waals surface area (Å²) in [4.78, 5) is 19.2. The van der Waals surface area contributed by atoms with Gasteiger partial charge < -0.3 is 9.84 Å². The first-order chi connectivity index (χ1) is 13.8. The maximum Gasteiger partial charge on any atom is 0.251 e. The molecule has 1 fully saturated rings. The smallest absolute Gasteiger partial charge is 0.251 e. The van der Waals surface area contributed by atoms with Crippen LogP contribution in [-0.2, 0) is 13.1 Å². The van der Waals surface area contributed by atoms with Gasteiger partial charge in [0.1, 0.15) is 0 Å². The summed E-state index contributed by atoms with van der Waals surface area (Å²) in [5, 5.41) is 6.80. The minimum Gasteiger partial charge on any atom is -0.343 e. The SMILES string of the molecule is O=C(NCc1nc(-c2ccccc2)no1)c1ccc(CN2CCCCC2)cc1. The maximum absolute atomic E-state index is 12.4. The first-order valence-electron chi connectivity index (χ1n) is 9.75. The van der Waals surface area contributed by atoms with Crippen LogP contribution in [0.3, 0.4) is 0 Å². The molecule has 6 heteroatoms. The number of piperidine rings is 1. The molecule has 3 aromatic rings. The summed E-state index contributed by atoms with van der Waals surface area (Å²) in [7, 11) is 0.